The largest absolute Gasteiger partial charge is 0.369 e. The SMILES string of the molecule is CS(=O)(=O)N=C(N)Nc1ccc(C[C@H](N)C(=O)N2CCCC2)cc1. The lowest BCUT2D eigenvalue weighted by Crippen LogP contribution is -2.43. The number of likely N-dealkylation sites (tertiary alicyclic amines) is 1. The minimum absolute atomic E-state index is 0.0146. The number of anilines is 1. The van der Waals surface area contributed by atoms with E-state index in [2.05, 4.69) is 9.71 Å². The summed E-state index contributed by atoms with van der Waals surface area (Å²) in [6, 6.07) is 6.53. The highest BCUT2D eigenvalue weighted by Gasteiger charge is 2.23. The van der Waals surface area contributed by atoms with Crippen molar-refractivity contribution in [2.24, 2.45) is 15.9 Å². The van der Waals surface area contributed by atoms with Gasteiger partial charge in [-0.15, -0.1) is 4.40 Å². The number of nitrogens with two attached hydrogens (primary N) is 2. The Kier molecular flexibility index (Phi) is 5.79. The van der Waals surface area contributed by atoms with E-state index in [0.29, 0.717) is 12.1 Å². The summed E-state index contributed by atoms with van der Waals surface area (Å²) < 4.78 is 25.4. The average Bonchev–Trinajstić information content (AvgIpc) is 3.00. The molecule has 1 aromatic carbocycles. The molecule has 1 aliphatic rings. The Labute approximate surface area is 142 Å². The van der Waals surface area contributed by atoms with Gasteiger partial charge in [0.1, 0.15) is 0 Å². The zero-order valence-electron chi connectivity index (χ0n) is 13.6. The zero-order chi connectivity index (χ0) is 17.7. The molecule has 0 spiro atoms. The third-order valence-electron chi connectivity index (χ3n) is 3.68. The number of hydrogen-bond acceptors (Lipinski definition) is 4. The number of carbonyl (C=O) groups is 1. The summed E-state index contributed by atoms with van der Waals surface area (Å²) in [4.78, 5) is 14.0. The molecule has 0 unspecified atom stereocenters. The van der Waals surface area contributed by atoms with Gasteiger partial charge in [-0.05, 0) is 37.0 Å². The van der Waals surface area contributed by atoms with E-state index in [1.54, 1.807) is 12.1 Å². The van der Waals surface area contributed by atoms with Crippen molar-refractivity contribution < 1.29 is 13.2 Å². The first-order valence-electron chi connectivity index (χ1n) is 7.70. The molecule has 1 aliphatic heterocycles. The highest BCUT2D eigenvalue weighted by molar-refractivity contribution is 7.89. The monoisotopic (exact) mass is 353 g/mol. The minimum atomic E-state index is -3.54. The van der Waals surface area contributed by atoms with E-state index in [4.69, 9.17) is 11.5 Å². The van der Waals surface area contributed by atoms with Crippen LogP contribution in [0.1, 0.15) is 18.4 Å². The predicted molar refractivity (Wildman–Crippen MR) is 94.0 cm³/mol. The maximum Gasteiger partial charge on any atom is 0.253 e. The lowest BCUT2D eigenvalue weighted by molar-refractivity contribution is -0.131. The minimum Gasteiger partial charge on any atom is -0.369 e. The maximum atomic E-state index is 12.2. The number of guanidine groups is 1. The zero-order valence-corrected chi connectivity index (χ0v) is 14.4. The molecule has 1 amide bonds. The molecule has 1 heterocycles. The Bertz CT molecular complexity index is 709. The van der Waals surface area contributed by atoms with Crippen molar-refractivity contribution in [3.8, 4) is 0 Å². The van der Waals surface area contributed by atoms with E-state index >= 15 is 0 Å². The molecule has 24 heavy (non-hydrogen) atoms. The number of nitrogens with zero attached hydrogens (tertiary/aromatic N) is 2. The molecule has 1 aromatic rings. The molecule has 1 atom stereocenters. The third kappa shape index (κ3) is 5.50. The van der Waals surface area contributed by atoms with E-state index in [9.17, 15) is 13.2 Å². The van der Waals surface area contributed by atoms with Crippen LogP contribution in [0.2, 0.25) is 0 Å². The molecular formula is C15H23N5O3S. The van der Waals surface area contributed by atoms with Gasteiger partial charge in [0.05, 0.1) is 12.3 Å². The lowest BCUT2D eigenvalue weighted by Gasteiger charge is -2.20. The molecular weight excluding hydrogens is 330 g/mol. The summed E-state index contributed by atoms with van der Waals surface area (Å²) in [5, 5.41) is 2.69. The Morgan fingerprint density at radius 1 is 1.29 bits per heavy atom. The molecule has 0 aromatic heterocycles. The molecule has 2 rings (SSSR count). The van der Waals surface area contributed by atoms with Gasteiger partial charge in [-0.1, -0.05) is 12.1 Å². The Morgan fingerprint density at radius 3 is 2.42 bits per heavy atom. The number of rotatable bonds is 5. The van der Waals surface area contributed by atoms with Crippen LogP contribution in [-0.2, 0) is 21.2 Å². The van der Waals surface area contributed by atoms with Crippen LogP contribution < -0.4 is 16.8 Å². The number of carbonyl (C=O) groups excluding carboxylic acids is 1. The summed E-state index contributed by atoms with van der Waals surface area (Å²) >= 11 is 0. The average molecular weight is 353 g/mol. The van der Waals surface area contributed by atoms with Crippen LogP contribution in [0.5, 0.6) is 0 Å². The quantitative estimate of drug-likeness (QED) is 0.499. The van der Waals surface area contributed by atoms with Crippen molar-refractivity contribution in [3.05, 3.63) is 29.8 Å². The van der Waals surface area contributed by atoms with Crippen molar-refractivity contribution in [2.45, 2.75) is 25.3 Å². The number of hydrogen-bond donors (Lipinski definition) is 3. The fourth-order valence-corrected chi connectivity index (χ4v) is 2.99. The Morgan fingerprint density at radius 2 is 1.88 bits per heavy atom. The fraction of sp³-hybridized carbons (Fsp3) is 0.467. The van der Waals surface area contributed by atoms with Crippen LogP contribution in [-0.4, -0.2) is 50.6 Å². The van der Waals surface area contributed by atoms with Gasteiger partial charge in [-0.3, -0.25) is 4.79 Å². The van der Waals surface area contributed by atoms with Crippen LogP contribution in [0.15, 0.2) is 28.7 Å². The molecule has 5 N–H and O–H groups in total. The van der Waals surface area contributed by atoms with Gasteiger partial charge in [-0.2, -0.15) is 0 Å². The fourth-order valence-electron chi connectivity index (χ4n) is 2.59. The number of benzene rings is 1. The first kappa shape index (κ1) is 18.2. The summed E-state index contributed by atoms with van der Waals surface area (Å²) in [7, 11) is -3.54. The van der Waals surface area contributed by atoms with Gasteiger partial charge in [0.25, 0.3) is 10.0 Å². The van der Waals surface area contributed by atoms with Gasteiger partial charge < -0.3 is 21.7 Å². The third-order valence-corrected chi connectivity index (χ3v) is 4.21. The van der Waals surface area contributed by atoms with Crippen LogP contribution in [0.4, 0.5) is 5.69 Å². The predicted octanol–water partition coefficient (Wildman–Crippen LogP) is -0.135. The van der Waals surface area contributed by atoms with E-state index in [1.807, 2.05) is 17.0 Å². The summed E-state index contributed by atoms with van der Waals surface area (Å²) in [5.74, 6) is -0.217. The Balaban J connectivity index is 1.94. The van der Waals surface area contributed by atoms with Gasteiger partial charge in [0.15, 0.2) is 0 Å². The second-order valence-electron chi connectivity index (χ2n) is 5.87. The molecule has 8 nitrogen and oxygen atoms in total. The van der Waals surface area contributed by atoms with Gasteiger partial charge >= 0.3 is 0 Å². The van der Waals surface area contributed by atoms with Crippen molar-refractivity contribution in [1.29, 1.82) is 0 Å². The van der Waals surface area contributed by atoms with Gasteiger partial charge in [-0.25, -0.2) is 8.42 Å². The van der Waals surface area contributed by atoms with Crippen molar-refractivity contribution in [3.63, 3.8) is 0 Å². The molecule has 0 saturated carbocycles. The summed E-state index contributed by atoms with van der Waals surface area (Å²) in [6.45, 7) is 1.57. The normalized spacial score (nSPS) is 16.9. The first-order chi connectivity index (χ1) is 11.2. The van der Waals surface area contributed by atoms with Gasteiger partial charge in [0.2, 0.25) is 11.9 Å². The van der Waals surface area contributed by atoms with Crippen LogP contribution in [0.3, 0.4) is 0 Å². The van der Waals surface area contributed by atoms with Gasteiger partial charge in [0, 0.05) is 18.8 Å². The maximum absolute atomic E-state index is 12.2. The highest BCUT2D eigenvalue weighted by Crippen LogP contribution is 2.13. The molecule has 132 valence electrons. The highest BCUT2D eigenvalue weighted by atomic mass is 32.2. The standard InChI is InChI=1S/C15H23N5O3S/c1-24(22,23)19-15(17)18-12-6-4-11(5-7-12)10-13(16)14(21)20-8-2-3-9-20/h4-7,13H,2-3,8-10,16H2,1H3,(H3,17,18,19)/t13-/m0/s1. The second kappa shape index (κ2) is 7.63. The number of sulfonamides is 1. The van der Waals surface area contributed by atoms with E-state index in [-0.39, 0.29) is 11.9 Å². The number of amides is 1. The molecule has 1 fully saturated rings. The van der Waals surface area contributed by atoms with E-state index in [0.717, 1.165) is 37.8 Å². The van der Waals surface area contributed by atoms with Crippen molar-refractivity contribution in [1.82, 2.24) is 4.90 Å². The summed E-state index contributed by atoms with van der Waals surface area (Å²) in [6.07, 6.45) is 3.48. The summed E-state index contributed by atoms with van der Waals surface area (Å²) in [5.41, 5.74) is 13.0. The second-order valence-corrected chi connectivity index (χ2v) is 7.52. The molecule has 1 saturated heterocycles. The van der Waals surface area contributed by atoms with E-state index < -0.39 is 16.1 Å². The molecule has 0 bridgehead atoms. The van der Waals surface area contributed by atoms with Crippen molar-refractivity contribution >= 4 is 27.6 Å². The Hall–Kier alpha value is -2.13. The molecule has 0 aliphatic carbocycles. The van der Waals surface area contributed by atoms with Crippen LogP contribution >= 0.6 is 0 Å². The number of nitrogens with one attached hydrogen (secondary N) is 1. The first-order valence-corrected chi connectivity index (χ1v) is 9.55. The van der Waals surface area contributed by atoms with Crippen LogP contribution in [0, 0.1) is 0 Å². The van der Waals surface area contributed by atoms with Crippen molar-refractivity contribution in [2.75, 3.05) is 24.7 Å². The van der Waals surface area contributed by atoms with Crippen LogP contribution in [0.25, 0.3) is 0 Å². The molecule has 0 radical (unpaired) electrons. The van der Waals surface area contributed by atoms with E-state index in [1.165, 1.54) is 0 Å². The topological polar surface area (TPSA) is 131 Å². The smallest absolute Gasteiger partial charge is 0.253 e. The molecule has 9 heteroatoms. The lowest BCUT2D eigenvalue weighted by atomic mass is 10.1.